The van der Waals surface area contributed by atoms with Crippen LogP contribution in [0.5, 0.6) is 17.2 Å². The molecule has 8 heteroatoms. The van der Waals surface area contributed by atoms with Crippen molar-refractivity contribution >= 4 is 22.6 Å². The summed E-state index contributed by atoms with van der Waals surface area (Å²) in [5.41, 5.74) is 2.65. The predicted octanol–water partition coefficient (Wildman–Crippen LogP) is 4.82. The van der Waals surface area contributed by atoms with E-state index in [2.05, 4.69) is 33.5 Å². The highest BCUT2D eigenvalue weighted by atomic mass is 16.5. The summed E-state index contributed by atoms with van der Waals surface area (Å²) in [5.74, 6) is 1.34. The van der Waals surface area contributed by atoms with Gasteiger partial charge in [-0.2, -0.15) is 0 Å². The summed E-state index contributed by atoms with van der Waals surface area (Å²) in [4.78, 5) is 19.6. The lowest BCUT2D eigenvalue weighted by Gasteiger charge is -2.14. The number of aliphatic carboxylic acids is 1. The number of nitrogens with zero attached hydrogens (tertiary/aromatic N) is 2. The molecule has 180 valence electrons. The van der Waals surface area contributed by atoms with Crippen molar-refractivity contribution in [3.63, 3.8) is 0 Å². The Labute approximate surface area is 203 Å². The summed E-state index contributed by atoms with van der Waals surface area (Å²) in [6, 6.07) is 19.5. The highest BCUT2D eigenvalue weighted by molar-refractivity contribution is 5.87. The maximum absolute atomic E-state index is 10.8. The Bertz CT molecular complexity index is 1330. The van der Waals surface area contributed by atoms with Crippen LogP contribution < -0.4 is 19.5 Å². The average molecular weight is 474 g/mol. The molecule has 0 bridgehead atoms. The molecular weight excluding hydrogens is 446 g/mol. The molecule has 0 spiro atoms. The second kappa shape index (κ2) is 11.2. The third-order valence-corrected chi connectivity index (χ3v) is 5.46. The van der Waals surface area contributed by atoms with Gasteiger partial charge in [-0.3, -0.25) is 0 Å². The van der Waals surface area contributed by atoms with Crippen molar-refractivity contribution in [1.82, 2.24) is 9.97 Å². The number of benzene rings is 3. The van der Waals surface area contributed by atoms with Crippen molar-refractivity contribution < 1.29 is 24.1 Å². The van der Waals surface area contributed by atoms with Gasteiger partial charge >= 0.3 is 5.97 Å². The summed E-state index contributed by atoms with van der Waals surface area (Å²) in [7, 11) is 1.69. The standard InChI is InChI=1S/C27H27N3O5/c1-3-34-25-14-19(9-11-24(25)35-16-27(31)32)22-15-26(30-17-29-22)28-13-12-21-20-7-5-4-6-18(20)8-10-23(21)33-2/h4-11,14-15,17H,3,12-13,16H2,1-2H3,(H,31,32)(H,28,29,30). The van der Waals surface area contributed by atoms with Gasteiger partial charge < -0.3 is 24.6 Å². The summed E-state index contributed by atoms with van der Waals surface area (Å²) in [6.45, 7) is 2.49. The van der Waals surface area contributed by atoms with Gasteiger partial charge in [-0.25, -0.2) is 14.8 Å². The third-order valence-electron chi connectivity index (χ3n) is 5.46. The van der Waals surface area contributed by atoms with E-state index in [9.17, 15) is 4.79 Å². The quantitative estimate of drug-likeness (QED) is 0.320. The van der Waals surface area contributed by atoms with Gasteiger partial charge in [0.15, 0.2) is 18.1 Å². The Balaban J connectivity index is 1.50. The Morgan fingerprint density at radius 1 is 0.971 bits per heavy atom. The number of ether oxygens (including phenoxy) is 3. The van der Waals surface area contributed by atoms with Gasteiger partial charge in [0.2, 0.25) is 0 Å². The first-order valence-corrected chi connectivity index (χ1v) is 11.3. The van der Waals surface area contributed by atoms with Crippen LogP contribution in [0, 0.1) is 0 Å². The van der Waals surface area contributed by atoms with Crippen LogP contribution in [0.3, 0.4) is 0 Å². The lowest BCUT2D eigenvalue weighted by atomic mass is 10.0. The lowest BCUT2D eigenvalue weighted by molar-refractivity contribution is -0.139. The third kappa shape index (κ3) is 5.78. The van der Waals surface area contributed by atoms with E-state index in [1.165, 1.54) is 17.1 Å². The molecule has 0 fully saturated rings. The van der Waals surface area contributed by atoms with E-state index in [1.54, 1.807) is 19.2 Å². The molecule has 2 N–H and O–H groups in total. The van der Waals surface area contributed by atoms with E-state index in [-0.39, 0.29) is 0 Å². The maximum atomic E-state index is 10.8. The highest BCUT2D eigenvalue weighted by Gasteiger charge is 2.12. The summed E-state index contributed by atoms with van der Waals surface area (Å²) >= 11 is 0. The first-order valence-electron chi connectivity index (χ1n) is 11.3. The molecule has 4 rings (SSSR count). The molecule has 0 saturated heterocycles. The van der Waals surface area contributed by atoms with Crippen LogP contribution in [0.15, 0.2) is 67.0 Å². The SMILES string of the molecule is CCOc1cc(-c2cc(NCCc3c(OC)ccc4ccccc34)ncn2)ccc1OCC(=O)O. The van der Waals surface area contributed by atoms with Crippen LogP contribution >= 0.6 is 0 Å². The molecule has 0 aliphatic heterocycles. The number of fused-ring (bicyclic) bond motifs is 1. The van der Waals surface area contributed by atoms with Crippen molar-refractivity contribution in [2.24, 2.45) is 0 Å². The molecular formula is C27H27N3O5. The number of methoxy groups -OCH3 is 1. The minimum absolute atomic E-state index is 0.370. The largest absolute Gasteiger partial charge is 0.496 e. The Hall–Kier alpha value is -4.33. The normalized spacial score (nSPS) is 10.7. The minimum Gasteiger partial charge on any atom is -0.496 e. The molecule has 3 aromatic carbocycles. The Morgan fingerprint density at radius 2 is 1.80 bits per heavy atom. The molecule has 35 heavy (non-hydrogen) atoms. The number of nitrogens with one attached hydrogen (secondary N) is 1. The van der Waals surface area contributed by atoms with E-state index in [0.717, 1.165) is 23.3 Å². The second-order valence-electron chi connectivity index (χ2n) is 7.71. The van der Waals surface area contributed by atoms with Gasteiger partial charge in [-0.15, -0.1) is 0 Å². The summed E-state index contributed by atoms with van der Waals surface area (Å²) in [5, 5.41) is 14.6. The van der Waals surface area contributed by atoms with E-state index >= 15 is 0 Å². The van der Waals surface area contributed by atoms with Crippen molar-refractivity contribution in [1.29, 1.82) is 0 Å². The molecule has 0 amide bonds. The van der Waals surface area contributed by atoms with E-state index in [0.29, 0.717) is 36.2 Å². The van der Waals surface area contributed by atoms with Gasteiger partial charge in [-0.1, -0.05) is 30.3 Å². The number of carbonyl (C=O) groups is 1. The van der Waals surface area contributed by atoms with Crippen LogP contribution in [0.25, 0.3) is 22.0 Å². The Morgan fingerprint density at radius 3 is 2.60 bits per heavy atom. The fourth-order valence-corrected chi connectivity index (χ4v) is 3.89. The fraction of sp³-hybridized carbons (Fsp3) is 0.222. The number of hydrogen-bond donors (Lipinski definition) is 2. The monoisotopic (exact) mass is 473 g/mol. The molecule has 0 aliphatic carbocycles. The molecule has 0 saturated carbocycles. The van der Waals surface area contributed by atoms with E-state index < -0.39 is 12.6 Å². The van der Waals surface area contributed by atoms with Crippen molar-refractivity contribution in [2.75, 3.05) is 32.2 Å². The zero-order valence-corrected chi connectivity index (χ0v) is 19.7. The first-order chi connectivity index (χ1) is 17.1. The Kier molecular flexibility index (Phi) is 7.62. The minimum atomic E-state index is -1.05. The predicted molar refractivity (Wildman–Crippen MR) is 134 cm³/mol. The molecule has 0 unspecified atom stereocenters. The molecule has 0 aliphatic rings. The summed E-state index contributed by atoms with van der Waals surface area (Å²) in [6.07, 6.45) is 2.26. The average Bonchev–Trinajstić information content (AvgIpc) is 2.88. The molecule has 0 radical (unpaired) electrons. The van der Waals surface area contributed by atoms with Gasteiger partial charge in [0.25, 0.3) is 0 Å². The van der Waals surface area contributed by atoms with Crippen molar-refractivity contribution in [3.05, 3.63) is 72.6 Å². The zero-order valence-electron chi connectivity index (χ0n) is 19.7. The van der Waals surface area contributed by atoms with Crippen LogP contribution in [0.1, 0.15) is 12.5 Å². The van der Waals surface area contributed by atoms with Gasteiger partial charge in [-0.05, 0) is 48.4 Å². The van der Waals surface area contributed by atoms with Crippen LogP contribution in [-0.4, -0.2) is 47.9 Å². The van der Waals surface area contributed by atoms with Crippen LogP contribution in [0.4, 0.5) is 5.82 Å². The van der Waals surface area contributed by atoms with Crippen molar-refractivity contribution in [3.8, 4) is 28.5 Å². The first kappa shape index (κ1) is 23.8. The lowest BCUT2D eigenvalue weighted by Crippen LogP contribution is -2.10. The van der Waals surface area contributed by atoms with Gasteiger partial charge in [0.1, 0.15) is 17.9 Å². The van der Waals surface area contributed by atoms with Crippen molar-refractivity contribution in [2.45, 2.75) is 13.3 Å². The number of carboxylic acids is 1. The zero-order chi connectivity index (χ0) is 24.6. The molecule has 4 aromatic rings. The van der Waals surface area contributed by atoms with Gasteiger partial charge in [0.05, 0.1) is 19.4 Å². The number of carboxylic acid groups (broad SMARTS) is 1. The van der Waals surface area contributed by atoms with Crippen LogP contribution in [0.2, 0.25) is 0 Å². The molecule has 0 atom stereocenters. The number of anilines is 1. The topological polar surface area (TPSA) is 103 Å². The fourth-order valence-electron chi connectivity index (χ4n) is 3.89. The summed E-state index contributed by atoms with van der Waals surface area (Å²) < 4.78 is 16.6. The molecule has 1 aromatic heterocycles. The number of hydrogen-bond acceptors (Lipinski definition) is 7. The van der Waals surface area contributed by atoms with E-state index in [4.69, 9.17) is 19.3 Å². The molecule has 1 heterocycles. The van der Waals surface area contributed by atoms with Crippen LogP contribution in [-0.2, 0) is 11.2 Å². The smallest absolute Gasteiger partial charge is 0.341 e. The highest BCUT2D eigenvalue weighted by Crippen LogP contribution is 2.33. The van der Waals surface area contributed by atoms with Gasteiger partial charge in [0, 0.05) is 23.7 Å². The number of aromatic nitrogens is 2. The number of rotatable bonds is 11. The second-order valence-corrected chi connectivity index (χ2v) is 7.71. The van der Waals surface area contributed by atoms with E-state index in [1.807, 2.05) is 37.3 Å². The maximum Gasteiger partial charge on any atom is 0.341 e. The molecule has 8 nitrogen and oxygen atoms in total.